The van der Waals surface area contributed by atoms with Gasteiger partial charge in [-0.1, -0.05) is 26.2 Å². The first-order chi connectivity index (χ1) is 9.52. The summed E-state index contributed by atoms with van der Waals surface area (Å²) in [6, 6.07) is 4.98. The second-order valence-electron chi connectivity index (χ2n) is 5.31. The summed E-state index contributed by atoms with van der Waals surface area (Å²) >= 11 is 3.22. The van der Waals surface area contributed by atoms with Crippen molar-refractivity contribution in [3.8, 4) is 0 Å². The van der Waals surface area contributed by atoms with Crippen LogP contribution in [0.1, 0.15) is 49.4 Å². The van der Waals surface area contributed by atoms with E-state index in [-0.39, 0.29) is 10.8 Å². The number of aromatic carboxylic acids is 1. The van der Waals surface area contributed by atoms with E-state index in [1.54, 1.807) is 12.1 Å². The minimum Gasteiger partial charge on any atom is -0.478 e. The number of rotatable bonds is 4. The van der Waals surface area contributed by atoms with Crippen molar-refractivity contribution in [3.05, 3.63) is 28.2 Å². The molecule has 1 aromatic rings. The van der Waals surface area contributed by atoms with Crippen molar-refractivity contribution in [2.75, 3.05) is 0 Å². The van der Waals surface area contributed by atoms with Crippen LogP contribution < -0.4 is 0 Å². The molecule has 0 radical (unpaired) electrons. The molecule has 1 aliphatic rings. The van der Waals surface area contributed by atoms with E-state index in [0.29, 0.717) is 15.3 Å². The Labute approximate surface area is 130 Å². The van der Waals surface area contributed by atoms with E-state index in [0.717, 1.165) is 25.7 Å². The van der Waals surface area contributed by atoms with Gasteiger partial charge in [-0.25, -0.2) is 4.79 Å². The molecule has 1 aliphatic carbocycles. The van der Waals surface area contributed by atoms with E-state index in [1.807, 2.05) is 0 Å². The Morgan fingerprint density at radius 2 is 2.20 bits per heavy atom. The van der Waals surface area contributed by atoms with E-state index in [4.69, 9.17) is 5.11 Å². The predicted octanol–water partition coefficient (Wildman–Crippen LogP) is 4.22. The SMILES string of the molecule is CCC1CCCC(S(=O)c2ccc(Br)c(C(=O)O)c2)C1. The summed E-state index contributed by atoms with van der Waals surface area (Å²) in [5, 5.41) is 9.30. The zero-order valence-electron chi connectivity index (χ0n) is 11.5. The zero-order chi connectivity index (χ0) is 14.7. The molecular weight excluding hydrogens is 340 g/mol. The molecule has 1 N–H and O–H groups in total. The molecule has 2 rings (SSSR count). The third kappa shape index (κ3) is 3.50. The average Bonchev–Trinajstić information content (AvgIpc) is 2.46. The highest BCUT2D eigenvalue weighted by Crippen LogP contribution is 2.32. The standard InChI is InChI=1S/C15H19BrO3S/c1-2-10-4-3-5-11(8-10)20(19)12-6-7-14(16)13(9-12)15(17)18/h6-7,9-11H,2-5,8H2,1H3,(H,17,18). The topological polar surface area (TPSA) is 54.4 Å². The lowest BCUT2D eigenvalue weighted by Gasteiger charge is -2.27. The van der Waals surface area contributed by atoms with Crippen LogP contribution in [0.25, 0.3) is 0 Å². The van der Waals surface area contributed by atoms with Crippen LogP contribution in [0.2, 0.25) is 0 Å². The summed E-state index contributed by atoms with van der Waals surface area (Å²) in [6.07, 6.45) is 5.44. The first-order valence-electron chi connectivity index (χ1n) is 6.96. The molecule has 1 aromatic carbocycles. The summed E-state index contributed by atoms with van der Waals surface area (Å²) in [5.74, 6) is -0.335. The number of halogens is 1. The highest BCUT2D eigenvalue weighted by atomic mass is 79.9. The van der Waals surface area contributed by atoms with E-state index in [1.165, 1.54) is 12.5 Å². The summed E-state index contributed by atoms with van der Waals surface area (Å²) in [4.78, 5) is 11.8. The van der Waals surface area contributed by atoms with Gasteiger partial charge in [-0.3, -0.25) is 4.21 Å². The van der Waals surface area contributed by atoms with Crippen LogP contribution in [-0.2, 0) is 10.8 Å². The molecule has 0 spiro atoms. The summed E-state index contributed by atoms with van der Waals surface area (Å²) < 4.78 is 13.2. The first-order valence-corrected chi connectivity index (χ1v) is 8.97. The van der Waals surface area contributed by atoms with Crippen molar-refractivity contribution in [2.24, 2.45) is 5.92 Å². The van der Waals surface area contributed by atoms with Crippen molar-refractivity contribution < 1.29 is 14.1 Å². The van der Waals surface area contributed by atoms with E-state index in [2.05, 4.69) is 22.9 Å². The Balaban J connectivity index is 2.20. The molecule has 0 heterocycles. The van der Waals surface area contributed by atoms with Gasteiger partial charge in [0, 0.05) is 14.6 Å². The Kier molecular flexibility index (Phi) is 5.38. The van der Waals surface area contributed by atoms with Crippen LogP contribution >= 0.6 is 15.9 Å². The maximum Gasteiger partial charge on any atom is 0.336 e. The molecule has 0 bridgehead atoms. The molecule has 3 atom stereocenters. The van der Waals surface area contributed by atoms with Gasteiger partial charge in [-0.2, -0.15) is 0 Å². The normalized spacial score (nSPS) is 24.3. The van der Waals surface area contributed by atoms with Gasteiger partial charge < -0.3 is 5.11 Å². The molecule has 20 heavy (non-hydrogen) atoms. The Morgan fingerprint density at radius 1 is 1.45 bits per heavy atom. The largest absolute Gasteiger partial charge is 0.478 e. The van der Waals surface area contributed by atoms with Gasteiger partial charge in [0.15, 0.2) is 0 Å². The Hall–Kier alpha value is -0.680. The van der Waals surface area contributed by atoms with Gasteiger partial charge in [0.05, 0.1) is 16.4 Å². The van der Waals surface area contributed by atoms with Gasteiger partial charge in [0.2, 0.25) is 0 Å². The number of carboxylic acids is 1. The fourth-order valence-corrected chi connectivity index (χ4v) is 4.86. The van der Waals surface area contributed by atoms with Gasteiger partial charge in [0.1, 0.15) is 0 Å². The van der Waals surface area contributed by atoms with Crippen LogP contribution in [0, 0.1) is 5.92 Å². The smallest absolute Gasteiger partial charge is 0.336 e. The molecule has 1 fully saturated rings. The third-order valence-electron chi connectivity index (χ3n) is 4.02. The molecule has 3 nitrogen and oxygen atoms in total. The van der Waals surface area contributed by atoms with Crippen LogP contribution in [0.15, 0.2) is 27.6 Å². The summed E-state index contributed by atoms with van der Waals surface area (Å²) in [5.41, 5.74) is 0.179. The number of hydrogen-bond acceptors (Lipinski definition) is 2. The minimum atomic E-state index is -1.11. The van der Waals surface area contributed by atoms with Crippen molar-refractivity contribution in [3.63, 3.8) is 0 Å². The van der Waals surface area contributed by atoms with E-state index >= 15 is 0 Å². The Morgan fingerprint density at radius 3 is 2.85 bits per heavy atom. The highest BCUT2D eigenvalue weighted by Gasteiger charge is 2.26. The summed E-state index contributed by atoms with van der Waals surface area (Å²) in [6.45, 7) is 2.18. The van der Waals surface area contributed by atoms with Crippen molar-refractivity contribution in [1.82, 2.24) is 0 Å². The van der Waals surface area contributed by atoms with Gasteiger partial charge in [0.25, 0.3) is 0 Å². The van der Waals surface area contributed by atoms with Gasteiger partial charge in [-0.15, -0.1) is 0 Å². The average molecular weight is 359 g/mol. The summed E-state index contributed by atoms with van der Waals surface area (Å²) in [7, 11) is -1.11. The lowest BCUT2D eigenvalue weighted by atomic mass is 9.87. The molecule has 3 unspecified atom stereocenters. The Bertz CT molecular complexity index is 530. The third-order valence-corrected chi connectivity index (χ3v) is 6.46. The molecular formula is C15H19BrO3S. The monoisotopic (exact) mass is 358 g/mol. The molecule has 110 valence electrons. The predicted molar refractivity (Wildman–Crippen MR) is 83.5 cm³/mol. The zero-order valence-corrected chi connectivity index (χ0v) is 13.9. The molecule has 0 aliphatic heterocycles. The number of carbonyl (C=O) groups is 1. The quantitative estimate of drug-likeness (QED) is 0.876. The lowest BCUT2D eigenvalue weighted by Crippen LogP contribution is -2.24. The van der Waals surface area contributed by atoms with E-state index in [9.17, 15) is 9.00 Å². The fraction of sp³-hybridized carbons (Fsp3) is 0.533. The lowest BCUT2D eigenvalue weighted by molar-refractivity contribution is 0.0695. The maximum atomic E-state index is 12.7. The molecule has 0 aromatic heterocycles. The van der Waals surface area contributed by atoms with Crippen LogP contribution in [-0.4, -0.2) is 20.5 Å². The maximum absolute atomic E-state index is 12.7. The van der Waals surface area contributed by atoms with Crippen molar-refractivity contribution in [1.29, 1.82) is 0 Å². The van der Waals surface area contributed by atoms with Crippen molar-refractivity contribution >= 4 is 32.7 Å². The number of carboxylic acid groups (broad SMARTS) is 1. The highest BCUT2D eigenvalue weighted by molar-refractivity contribution is 9.10. The number of hydrogen-bond donors (Lipinski definition) is 1. The van der Waals surface area contributed by atoms with Crippen LogP contribution in [0.5, 0.6) is 0 Å². The second-order valence-corrected chi connectivity index (χ2v) is 7.89. The van der Waals surface area contributed by atoms with Crippen molar-refractivity contribution in [2.45, 2.75) is 49.2 Å². The van der Waals surface area contributed by atoms with Crippen LogP contribution in [0.3, 0.4) is 0 Å². The molecule has 5 heteroatoms. The van der Waals surface area contributed by atoms with Crippen LogP contribution in [0.4, 0.5) is 0 Å². The van der Waals surface area contributed by atoms with Gasteiger partial charge in [-0.05, 0) is 52.9 Å². The first kappa shape index (κ1) is 15.7. The molecule has 1 saturated carbocycles. The fourth-order valence-electron chi connectivity index (χ4n) is 2.79. The molecule has 0 saturated heterocycles. The van der Waals surface area contributed by atoms with E-state index < -0.39 is 16.8 Å². The molecule has 0 amide bonds. The second kappa shape index (κ2) is 6.85. The van der Waals surface area contributed by atoms with Gasteiger partial charge >= 0.3 is 5.97 Å². The number of benzene rings is 1. The minimum absolute atomic E-state index is 0.163.